The van der Waals surface area contributed by atoms with Crippen molar-refractivity contribution in [2.24, 2.45) is 5.92 Å². The van der Waals surface area contributed by atoms with Crippen LogP contribution in [0.5, 0.6) is 0 Å². The fourth-order valence-electron chi connectivity index (χ4n) is 2.42. The monoisotopic (exact) mass is 295 g/mol. The first-order valence-electron chi connectivity index (χ1n) is 8.50. The first-order chi connectivity index (χ1) is 10.1. The van der Waals surface area contributed by atoms with Gasteiger partial charge < -0.3 is 5.32 Å². The molecule has 0 aromatic carbocycles. The molecule has 0 aliphatic heterocycles. The number of Topliss-reactive ketones (excluding diaryl/α,β-unsaturated/α-hetero) is 1. The van der Waals surface area contributed by atoms with Crippen molar-refractivity contribution in [3.63, 3.8) is 0 Å². The van der Waals surface area contributed by atoms with E-state index in [0.717, 1.165) is 51.4 Å². The number of rotatable bonds is 12. The van der Waals surface area contributed by atoms with Crippen molar-refractivity contribution in [1.82, 2.24) is 5.32 Å². The average Bonchev–Trinajstić information content (AvgIpc) is 2.45. The standard InChI is InChI=1S/C18H33NO2/c1-5-8-10-13-16(12-7-3)18(21)19-17(15(4)20)14-11-9-6-2/h7,12,16-17H,5-6,8-11,13-14H2,1-4H3,(H,19,21)/b12-7+. The highest BCUT2D eigenvalue weighted by atomic mass is 16.2. The summed E-state index contributed by atoms with van der Waals surface area (Å²) in [5, 5.41) is 2.95. The lowest BCUT2D eigenvalue weighted by Crippen LogP contribution is -2.42. The van der Waals surface area contributed by atoms with E-state index >= 15 is 0 Å². The number of carbonyl (C=O) groups is 2. The van der Waals surface area contributed by atoms with Gasteiger partial charge in [-0.25, -0.2) is 0 Å². The van der Waals surface area contributed by atoms with Crippen LogP contribution in [0.1, 0.15) is 79.1 Å². The maximum Gasteiger partial charge on any atom is 0.227 e. The number of allylic oxidation sites excluding steroid dienone is 1. The number of unbranched alkanes of at least 4 members (excludes halogenated alkanes) is 4. The number of ketones is 1. The Bertz CT molecular complexity index is 323. The third kappa shape index (κ3) is 9.43. The lowest BCUT2D eigenvalue weighted by Gasteiger charge is -2.19. The summed E-state index contributed by atoms with van der Waals surface area (Å²) < 4.78 is 0. The van der Waals surface area contributed by atoms with Gasteiger partial charge in [-0.15, -0.1) is 0 Å². The van der Waals surface area contributed by atoms with Crippen LogP contribution in [0, 0.1) is 5.92 Å². The maximum atomic E-state index is 12.4. The molecule has 2 atom stereocenters. The lowest BCUT2D eigenvalue weighted by molar-refractivity contribution is -0.128. The minimum absolute atomic E-state index is 0.000835. The molecule has 0 heterocycles. The maximum absolute atomic E-state index is 12.4. The Morgan fingerprint density at radius 2 is 1.57 bits per heavy atom. The fourth-order valence-corrected chi connectivity index (χ4v) is 2.42. The largest absolute Gasteiger partial charge is 0.346 e. The number of carbonyl (C=O) groups excluding carboxylic acids is 2. The summed E-state index contributed by atoms with van der Waals surface area (Å²) in [6, 6.07) is -0.317. The summed E-state index contributed by atoms with van der Waals surface area (Å²) >= 11 is 0. The van der Waals surface area contributed by atoms with Gasteiger partial charge in [0.15, 0.2) is 5.78 Å². The molecule has 0 aliphatic carbocycles. The highest BCUT2D eigenvalue weighted by Gasteiger charge is 2.21. The molecule has 1 N–H and O–H groups in total. The van der Waals surface area contributed by atoms with Gasteiger partial charge in [-0.05, 0) is 26.7 Å². The van der Waals surface area contributed by atoms with E-state index < -0.39 is 0 Å². The molecule has 3 nitrogen and oxygen atoms in total. The van der Waals surface area contributed by atoms with Gasteiger partial charge in [0.25, 0.3) is 0 Å². The van der Waals surface area contributed by atoms with Crippen molar-refractivity contribution in [2.45, 2.75) is 85.1 Å². The minimum atomic E-state index is -0.317. The molecule has 0 saturated carbocycles. The van der Waals surface area contributed by atoms with Crippen LogP contribution in [-0.4, -0.2) is 17.7 Å². The molecule has 0 aliphatic rings. The molecule has 0 fully saturated rings. The van der Waals surface area contributed by atoms with E-state index in [0.29, 0.717) is 0 Å². The first-order valence-corrected chi connectivity index (χ1v) is 8.50. The summed E-state index contributed by atoms with van der Waals surface area (Å²) in [5.41, 5.74) is 0. The third-order valence-electron chi connectivity index (χ3n) is 3.78. The third-order valence-corrected chi connectivity index (χ3v) is 3.78. The second kappa shape index (κ2) is 12.6. The second-order valence-corrected chi connectivity index (χ2v) is 5.80. The zero-order valence-corrected chi connectivity index (χ0v) is 14.3. The predicted octanol–water partition coefficient (Wildman–Crippen LogP) is 4.41. The molecule has 0 saturated heterocycles. The van der Waals surface area contributed by atoms with Crippen LogP contribution in [0.15, 0.2) is 12.2 Å². The van der Waals surface area contributed by atoms with E-state index in [1.165, 1.54) is 0 Å². The van der Waals surface area contributed by atoms with Crippen LogP contribution in [0.3, 0.4) is 0 Å². The smallest absolute Gasteiger partial charge is 0.227 e. The van der Waals surface area contributed by atoms with E-state index in [4.69, 9.17) is 0 Å². The number of hydrogen-bond acceptors (Lipinski definition) is 2. The average molecular weight is 295 g/mol. The Balaban J connectivity index is 4.48. The molecule has 0 radical (unpaired) electrons. The lowest BCUT2D eigenvalue weighted by atomic mass is 9.98. The molecule has 1 amide bonds. The highest BCUT2D eigenvalue weighted by molar-refractivity contribution is 5.88. The van der Waals surface area contributed by atoms with E-state index in [1.807, 2.05) is 19.1 Å². The Labute approximate surface area is 130 Å². The van der Waals surface area contributed by atoms with Crippen molar-refractivity contribution < 1.29 is 9.59 Å². The van der Waals surface area contributed by atoms with Crippen LogP contribution in [0.4, 0.5) is 0 Å². The quantitative estimate of drug-likeness (QED) is 0.428. The SMILES string of the molecule is C/C=C/C(CCCCC)C(=O)NC(CCCCC)C(C)=O. The number of nitrogens with one attached hydrogen (secondary N) is 1. The molecule has 21 heavy (non-hydrogen) atoms. The summed E-state index contributed by atoms with van der Waals surface area (Å²) in [5.74, 6) is -0.0392. The Morgan fingerprint density at radius 3 is 2.05 bits per heavy atom. The summed E-state index contributed by atoms with van der Waals surface area (Å²) in [6.07, 6.45) is 12.1. The van der Waals surface area contributed by atoms with E-state index in [2.05, 4.69) is 19.2 Å². The molecule has 0 rings (SSSR count). The van der Waals surface area contributed by atoms with Crippen LogP contribution < -0.4 is 5.32 Å². The zero-order chi connectivity index (χ0) is 16.1. The van der Waals surface area contributed by atoms with E-state index in [9.17, 15) is 9.59 Å². The van der Waals surface area contributed by atoms with Crippen molar-refractivity contribution in [3.8, 4) is 0 Å². The van der Waals surface area contributed by atoms with Crippen molar-refractivity contribution in [1.29, 1.82) is 0 Å². The van der Waals surface area contributed by atoms with Crippen LogP contribution >= 0.6 is 0 Å². The minimum Gasteiger partial charge on any atom is -0.346 e. The van der Waals surface area contributed by atoms with E-state index in [1.54, 1.807) is 6.92 Å². The summed E-state index contributed by atoms with van der Waals surface area (Å²) in [4.78, 5) is 24.0. The molecule has 0 aromatic heterocycles. The van der Waals surface area contributed by atoms with Crippen molar-refractivity contribution >= 4 is 11.7 Å². The molecule has 122 valence electrons. The summed E-state index contributed by atoms with van der Waals surface area (Å²) in [6.45, 7) is 7.80. The molecule has 0 spiro atoms. The van der Waals surface area contributed by atoms with Gasteiger partial charge in [0.05, 0.1) is 12.0 Å². The van der Waals surface area contributed by atoms with E-state index in [-0.39, 0.29) is 23.7 Å². The van der Waals surface area contributed by atoms with Crippen LogP contribution in [0.25, 0.3) is 0 Å². The number of amides is 1. The van der Waals surface area contributed by atoms with Gasteiger partial charge in [0, 0.05) is 0 Å². The van der Waals surface area contributed by atoms with Crippen LogP contribution in [0.2, 0.25) is 0 Å². The molecule has 0 aromatic rings. The molecule has 3 heteroatoms. The van der Waals surface area contributed by atoms with Crippen molar-refractivity contribution in [3.05, 3.63) is 12.2 Å². The normalized spacial score (nSPS) is 14.1. The van der Waals surface area contributed by atoms with Gasteiger partial charge in [-0.3, -0.25) is 9.59 Å². The van der Waals surface area contributed by atoms with Gasteiger partial charge in [0.2, 0.25) is 5.91 Å². The Morgan fingerprint density at radius 1 is 1.00 bits per heavy atom. The molecular formula is C18H33NO2. The molecule has 0 bridgehead atoms. The predicted molar refractivity (Wildman–Crippen MR) is 89.2 cm³/mol. The van der Waals surface area contributed by atoms with Gasteiger partial charge in [-0.2, -0.15) is 0 Å². The zero-order valence-electron chi connectivity index (χ0n) is 14.3. The van der Waals surface area contributed by atoms with Crippen LogP contribution in [-0.2, 0) is 9.59 Å². The van der Waals surface area contributed by atoms with Gasteiger partial charge in [0.1, 0.15) is 0 Å². The molecular weight excluding hydrogens is 262 g/mol. The summed E-state index contributed by atoms with van der Waals surface area (Å²) in [7, 11) is 0. The second-order valence-electron chi connectivity index (χ2n) is 5.80. The first kappa shape index (κ1) is 19.9. The van der Waals surface area contributed by atoms with Gasteiger partial charge in [-0.1, -0.05) is 64.5 Å². The number of hydrogen-bond donors (Lipinski definition) is 1. The fraction of sp³-hybridized carbons (Fsp3) is 0.778. The highest BCUT2D eigenvalue weighted by Crippen LogP contribution is 2.13. The Hall–Kier alpha value is -1.12. The Kier molecular flexibility index (Phi) is 11.9. The molecule has 2 unspecified atom stereocenters. The topological polar surface area (TPSA) is 46.2 Å². The van der Waals surface area contributed by atoms with Gasteiger partial charge >= 0.3 is 0 Å². The van der Waals surface area contributed by atoms with Crippen molar-refractivity contribution in [2.75, 3.05) is 0 Å².